The van der Waals surface area contributed by atoms with Crippen LogP contribution in [0.1, 0.15) is 22.3 Å². The van der Waals surface area contributed by atoms with E-state index in [0.29, 0.717) is 0 Å². The Bertz CT molecular complexity index is 444. The molecule has 0 saturated carbocycles. The van der Waals surface area contributed by atoms with Crippen molar-refractivity contribution < 1.29 is 0 Å². The van der Waals surface area contributed by atoms with E-state index < -0.39 is 0 Å². The Labute approximate surface area is 136 Å². The summed E-state index contributed by atoms with van der Waals surface area (Å²) in [6.45, 7) is 0. The maximum atomic E-state index is 3.47. The van der Waals surface area contributed by atoms with Crippen molar-refractivity contribution in [2.75, 3.05) is 0 Å². The van der Waals surface area contributed by atoms with E-state index in [1.807, 2.05) is 11.8 Å². The highest BCUT2D eigenvalue weighted by molar-refractivity contribution is 9.08. The molecule has 100 valence electrons. The van der Waals surface area contributed by atoms with Gasteiger partial charge in [0.2, 0.25) is 0 Å². The minimum Gasteiger partial charge on any atom is -0.152 e. The summed E-state index contributed by atoms with van der Waals surface area (Å²) in [5, 5.41) is 1.86. The van der Waals surface area contributed by atoms with Gasteiger partial charge in [0, 0.05) is 22.2 Å². The summed E-state index contributed by atoms with van der Waals surface area (Å²) in [7, 11) is 0. The quantitative estimate of drug-likeness (QED) is 0.544. The van der Waals surface area contributed by atoms with Gasteiger partial charge in [0.05, 0.1) is 0 Å². The van der Waals surface area contributed by atoms with E-state index >= 15 is 0 Å². The average Bonchev–Trinajstić information content (AvgIpc) is 2.49. The van der Waals surface area contributed by atoms with Crippen molar-refractivity contribution >= 4 is 43.6 Å². The van der Waals surface area contributed by atoms with Crippen LogP contribution < -0.4 is 0 Å². The smallest absolute Gasteiger partial charge is 0.0283 e. The van der Waals surface area contributed by atoms with Gasteiger partial charge < -0.3 is 0 Å². The van der Waals surface area contributed by atoms with E-state index in [9.17, 15) is 0 Å². The highest BCUT2D eigenvalue weighted by Gasteiger charge is 1.97. The molecule has 0 fully saturated rings. The number of hydrogen-bond acceptors (Lipinski definition) is 1. The minimum atomic E-state index is 0.931. The van der Waals surface area contributed by atoms with Crippen molar-refractivity contribution in [3.05, 3.63) is 70.8 Å². The number of benzene rings is 2. The zero-order valence-corrected chi connectivity index (χ0v) is 14.6. The summed E-state index contributed by atoms with van der Waals surface area (Å²) >= 11 is 8.90. The molecule has 0 spiro atoms. The van der Waals surface area contributed by atoms with Crippen molar-refractivity contribution in [2.45, 2.75) is 22.2 Å². The number of rotatable bonds is 6. The SMILES string of the molecule is BrCc1ccc(CSCc2ccc(CBr)cc2)cc1. The number of hydrogen-bond donors (Lipinski definition) is 0. The van der Waals surface area contributed by atoms with Gasteiger partial charge in [-0.1, -0.05) is 80.4 Å². The van der Waals surface area contributed by atoms with E-state index in [4.69, 9.17) is 0 Å². The van der Waals surface area contributed by atoms with E-state index in [1.54, 1.807) is 0 Å². The molecule has 0 aliphatic heterocycles. The molecule has 2 rings (SSSR count). The summed E-state index contributed by atoms with van der Waals surface area (Å²) < 4.78 is 0. The molecule has 0 bridgehead atoms. The van der Waals surface area contributed by atoms with Crippen molar-refractivity contribution in [3.8, 4) is 0 Å². The first kappa shape index (κ1) is 15.1. The Balaban J connectivity index is 1.81. The minimum absolute atomic E-state index is 0.931. The first-order chi connectivity index (χ1) is 9.31. The van der Waals surface area contributed by atoms with E-state index in [-0.39, 0.29) is 0 Å². The second-order valence-electron chi connectivity index (χ2n) is 4.39. The third-order valence-electron chi connectivity index (χ3n) is 2.89. The molecule has 0 nitrogen and oxygen atoms in total. The monoisotopic (exact) mass is 398 g/mol. The van der Waals surface area contributed by atoms with Crippen LogP contribution in [0.25, 0.3) is 0 Å². The molecular formula is C16H16Br2S. The van der Waals surface area contributed by atoms with Gasteiger partial charge >= 0.3 is 0 Å². The van der Waals surface area contributed by atoms with Crippen LogP contribution in [0.3, 0.4) is 0 Å². The fourth-order valence-electron chi connectivity index (χ4n) is 1.74. The topological polar surface area (TPSA) is 0 Å². The lowest BCUT2D eigenvalue weighted by molar-refractivity contribution is 1.32. The Morgan fingerprint density at radius 3 is 1.21 bits per heavy atom. The van der Waals surface area contributed by atoms with Gasteiger partial charge in [-0.3, -0.25) is 0 Å². The van der Waals surface area contributed by atoms with E-state index in [0.717, 1.165) is 22.2 Å². The van der Waals surface area contributed by atoms with Gasteiger partial charge in [-0.2, -0.15) is 11.8 Å². The molecule has 0 radical (unpaired) electrons. The molecule has 2 aromatic rings. The zero-order valence-electron chi connectivity index (χ0n) is 10.6. The average molecular weight is 400 g/mol. The maximum absolute atomic E-state index is 3.47. The van der Waals surface area contributed by atoms with Crippen molar-refractivity contribution in [2.24, 2.45) is 0 Å². The molecule has 0 saturated heterocycles. The Hall–Kier alpha value is -0.250. The van der Waals surface area contributed by atoms with Crippen LogP contribution in [0.5, 0.6) is 0 Å². The normalized spacial score (nSPS) is 10.6. The zero-order chi connectivity index (χ0) is 13.5. The highest BCUT2D eigenvalue weighted by atomic mass is 79.9. The van der Waals surface area contributed by atoms with Crippen LogP contribution in [-0.4, -0.2) is 0 Å². The van der Waals surface area contributed by atoms with Crippen LogP contribution in [0.4, 0.5) is 0 Å². The molecule has 0 aliphatic carbocycles. The first-order valence-corrected chi connectivity index (χ1v) is 9.57. The summed E-state index contributed by atoms with van der Waals surface area (Å²) in [6.07, 6.45) is 0. The predicted octanol–water partition coefficient (Wildman–Crippen LogP) is 5.91. The van der Waals surface area contributed by atoms with Gasteiger partial charge in [-0.05, 0) is 22.3 Å². The summed E-state index contributed by atoms with van der Waals surface area (Å²) in [5.41, 5.74) is 5.46. The molecule has 2 aromatic carbocycles. The lowest BCUT2D eigenvalue weighted by Gasteiger charge is -2.04. The van der Waals surface area contributed by atoms with Crippen LogP contribution in [-0.2, 0) is 22.2 Å². The fraction of sp³-hybridized carbons (Fsp3) is 0.250. The third-order valence-corrected chi connectivity index (χ3v) is 5.26. The predicted molar refractivity (Wildman–Crippen MR) is 93.1 cm³/mol. The molecule has 3 heteroatoms. The molecule has 0 atom stereocenters. The summed E-state index contributed by atoms with van der Waals surface area (Å²) in [4.78, 5) is 0. The maximum Gasteiger partial charge on any atom is 0.0283 e. The highest BCUT2D eigenvalue weighted by Crippen LogP contribution is 2.19. The Kier molecular flexibility index (Phi) is 6.48. The van der Waals surface area contributed by atoms with Crippen LogP contribution in [0.15, 0.2) is 48.5 Å². The first-order valence-electron chi connectivity index (χ1n) is 6.17. The largest absolute Gasteiger partial charge is 0.152 e. The third kappa shape index (κ3) is 4.97. The van der Waals surface area contributed by atoms with Gasteiger partial charge in [0.1, 0.15) is 0 Å². The van der Waals surface area contributed by atoms with Crippen LogP contribution >= 0.6 is 43.6 Å². The lowest BCUT2D eigenvalue weighted by Crippen LogP contribution is -1.85. The second kappa shape index (κ2) is 8.13. The Morgan fingerprint density at radius 1 is 0.579 bits per heavy atom. The lowest BCUT2D eigenvalue weighted by atomic mass is 10.2. The number of alkyl halides is 2. The van der Waals surface area contributed by atoms with Gasteiger partial charge in [0.25, 0.3) is 0 Å². The Morgan fingerprint density at radius 2 is 0.895 bits per heavy atom. The second-order valence-corrected chi connectivity index (χ2v) is 6.50. The molecule has 0 amide bonds. The van der Waals surface area contributed by atoms with E-state index in [2.05, 4.69) is 80.4 Å². The van der Waals surface area contributed by atoms with Crippen LogP contribution in [0, 0.1) is 0 Å². The number of thioether (sulfide) groups is 1. The molecule has 0 N–H and O–H groups in total. The van der Waals surface area contributed by atoms with E-state index in [1.165, 1.54) is 22.3 Å². The molecule has 0 aliphatic rings. The molecular weight excluding hydrogens is 384 g/mol. The fourth-order valence-corrected chi connectivity index (χ4v) is 3.44. The van der Waals surface area contributed by atoms with Gasteiger partial charge in [0.15, 0.2) is 0 Å². The van der Waals surface area contributed by atoms with Gasteiger partial charge in [-0.25, -0.2) is 0 Å². The summed E-state index contributed by atoms with van der Waals surface area (Å²) in [5.74, 6) is 2.14. The van der Waals surface area contributed by atoms with Gasteiger partial charge in [-0.15, -0.1) is 0 Å². The number of halogens is 2. The van der Waals surface area contributed by atoms with Crippen molar-refractivity contribution in [1.29, 1.82) is 0 Å². The molecule has 19 heavy (non-hydrogen) atoms. The molecule has 0 aromatic heterocycles. The molecule has 0 heterocycles. The molecule has 0 unspecified atom stereocenters. The summed E-state index contributed by atoms with van der Waals surface area (Å²) in [6, 6.07) is 17.6. The van der Waals surface area contributed by atoms with Crippen LogP contribution in [0.2, 0.25) is 0 Å². The van der Waals surface area contributed by atoms with Crippen molar-refractivity contribution in [3.63, 3.8) is 0 Å². The van der Waals surface area contributed by atoms with Crippen molar-refractivity contribution in [1.82, 2.24) is 0 Å². The standard InChI is InChI=1S/C16H16Br2S/c17-9-13-1-5-15(6-2-13)11-19-12-16-7-3-14(10-18)4-8-16/h1-8H,9-12H2.